The Balaban J connectivity index is 1.95. The van der Waals surface area contributed by atoms with Crippen molar-refractivity contribution in [2.45, 2.75) is 13.0 Å². The summed E-state index contributed by atoms with van der Waals surface area (Å²) in [6, 6.07) is 5.75. The molecule has 0 aliphatic carbocycles. The van der Waals surface area contributed by atoms with Crippen LogP contribution in [0.2, 0.25) is 0 Å². The van der Waals surface area contributed by atoms with E-state index in [-0.39, 0.29) is 6.54 Å². The molecule has 0 radical (unpaired) electrons. The lowest BCUT2D eigenvalue weighted by Crippen LogP contribution is -2.06. The van der Waals surface area contributed by atoms with E-state index in [0.29, 0.717) is 0 Å². The summed E-state index contributed by atoms with van der Waals surface area (Å²) in [6.07, 6.45) is 2.60. The summed E-state index contributed by atoms with van der Waals surface area (Å²) in [6.45, 7) is -0.384. The number of H-pyrrole nitrogens is 1. The van der Waals surface area contributed by atoms with Gasteiger partial charge in [-0.15, -0.1) is 0 Å². The maximum absolute atomic E-state index is 12.2. The molecule has 0 saturated carbocycles. The first-order valence-corrected chi connectivity index (χ1v) is 5.47. The number of rotatable bonds is 3. The maximum atomic E-state index is 12.2. The van der Waals surface area contributed by atoms with Crippen LogP contribution in [0.4, 0.5) is 8.78 Å². The molecule has 0 fully saturated rings. The van der Waals surface area contributed by atoms with Crippen molar-refractivity contribution in [3.63, 3.8) is 0 Å². The van der Waals surface area contributed by atoms with Crippen LogP contribution in [-0.2, 0) is 6.54 Å². The average molecular weight is 248 g/mol. The van der Waals surface area contributed by atoms with Crippen molar-refractivity contribution < 1.29 is 8.78 Å². The van der Waals surface area contributed by atoms with Crippen LogP contribution in [0.25, 0.3) is 22.0 Å². The minimum absolute atomic E-state index is 0.384. The number of alkyl halides is 2. The zero-order valence-corrected chi connectivity index (χ0v) is 9.35. The lowest BCUT2D eigenvalue weighted by atomic mass is 10.1. The van der Waals surface area contributed by atoms with E-state index in [0.717, 1.165) is 22.0 Å². The topological polar surface area (TPSA) is 46.5 Å². The fourth-order valence-corrected chi connectivity index (χ4v) is 1.87. The van der Waals surface area contributed by atoms with Crippen LogP contribution in [0.1, 0.15) is 0 Å². The first-order valence-electron chi connectivity index (χ1n) is 5.47. The highest BCUT2D eigenvalue weighted by Crippen LogP contribution is 2.22. The molecule has 3 rings (SSSR count). The van der Waals surface area contributed by atoms with E-state index >= 15 is 0 Å². The monoisotopic (exact) mass is 248 g/mol. The number of fused-ring (bicyclic) bond motifs is 1. The molecule has 0 amide bonds. The van der Waals surface area contributed by atoms with Gasteiger partial charge in [0.2, 0.25) is 0 Å². The Kier molecular flexibility index (Phi) is 2.55. The van der Waals surface area contributed by atoms with Gasteiger partial charge in [-0.05, 0) is 11.6 Å². The predicted octanol–water partition coefficient (Wildman–Crippen LogP) is 2.69. The van der Waals surface area contributed by atoms with E-state index in [4.69, 9.17) is 0 Å². The molecule has 0 aliphatic rings. The van der Waals surface area contributed by atoms with Crippen molar-refractivity contribution in [2.75, 3.05) is 0 Å². The molecule has 0 aliphatic heterocycles. The van der Waals surface area contributed by atoms with Crippen molar-refractivity contribution >= 4 is 10.9 Å². The fourth-order valence-electron chi connectivity index (χ4n) is 1.87. The molecule has 92 valence electrons. The van der Waals surface area contributed by atoms with E-state index < -0.39 is 6.43 Å². The molecule has 1 aromatic carbocycles. The van der Waals surface area contributed by atoms with Gasteiger partial charge in [0.15, 0.2) is 0 Å². The molecule has 4 nitrogen and oxygen atoms in total. The maximum Gasteiger partial charge on any atom is 0.257 e. The third kappa shape index (κ3) is 1.97. The van der Waals surface area contributed by atoms with Crippen LogP contribution >= 0.6 is 0 Å². The van der Waals surface area contributed by atoms with Crippen molar-refractivity contribution in [2.24, 2.45) is 0 Å². The predicted molar refractivity (Wildman–Crippen MR) is 63.3 cm³/mol. The summed E-state index contributed by atoms with van der Waals surface area (Å²) in [4.78, 5) is 0. The Morgan fingerprint density at radius 3 is 3.00 bits per heavy atom. The highest BCUT2D eigenvalue weighted by molar-refractivity contribution is 5.83. The summed E-state index contributed by atoms with van der Waals surface area (Å²) in [7, 11) is 0. The number of aromatic nitrogens is 4. The molecule has 0 spiro atoms. The highest BCUT2D eigenvalue weighted by atomic mass is 19.3. The Hall–Kier alpha value is -2.24. The second-order valence-electron chi connectivity index (χ2n) is 4.00. The van der Waals surface area contributed by atoms with Crippen LogP contribution in [0.5, 0.6) is 0 Å². The van der Waals surface area contributed by atoms with Crippen molar-refractivity contribution in [1.29, 1.82) is 0 Å². The molecule has 2 heterocycles. The number of benzene rings is 1. The average Bonchev–Trinajstić information content (AvgIpc) is 2.95. The molecule has 1 N–H and O–H groups in total. The van der Waals surface area contributed by atoms with Crippen molar-refractivity contribution in [3.8, 4) is 11.1 Å². The number of hydrogen-bond acceptors (Lipinski definition) is 2. The van der Waals surface area contributed by atoms with Gasteiger partial charge < -0.3 is 0 Å². The van der Waals surface area contributed by atoms with Crippen molar-refractivity contribution in [3.05, 3.63) is 36.8 Å². The molecular weight excluding hydrogens is 238 g/mol. The Morgan fingerprint density at radius 2 is 2.17 bits per heavy atom. The summed E-state index contributed by atoms with van der Waals surface area (Å²) >= 11 is 0. The Morgan fingerprint density at radius 1 is 1.28 bits per heavy atom. The normalized spacial score (nSPS) is 11.5. The largest absolute Gasteiger partial charge is 0.285 e. The lowest BCUT2D eigenvalue weighted by Gasteiger charge is -1.99. The SMILES string of the molecule is FC(F)Cn1cc(-c2ccc3c[nH]nc3c2)cn1. The quantitative estimate of drug-likeness (QED) is 0.774. The molecule has 3 aromatic rings. The van der Waals surface area contributed by atoms with Gasteiger partial charge in [-0.25, -0.2) is 8.78 Å². The van der Waals surface area contributed by atoms with Crippen LogP contribution < -0.4 is 0 Å². The standard InChI is InChI=1S/C12H10F2N4/c13-12(14)7-18-6-10(5-16-18)8-1-2-9-4-15-17-11(9)3-8/h1-6,12H,7H2,(H,15,17). The number of nitrogens with one attached hydrogen (secondary N) is 1. The van der Waals surface area contributed by atoms with Crippen LogP contribution in [-0.4, -0.2) is 26.4 Å². The Labute approximate surface area is 101 Å². The van der Waals surface area contributed by atoms with E-state index in [1.165, 1.54) is 4.68 Å². The van der Waals surface area contributed by atoms with E-state index in [1.807, 2.05) is 18.2 Å². The number of aromatic amines is 1. The molecular formula is C12H10F2N4. The van der Waals surface area contributed by atoms with Crippen LogP contribution in [0, 0.1) is 0 Å². The summed E-state index contributed by atoms with van der Waals surface area (Å²) in [5.41, 5.74) is 2.56. The minimum atomic E-state index is -2.40. The zero-order chi connectivity index (χ0) is 12.5. The van der Waals surface area contributed by atoms with Gasteiger partial charge in [-0.3, -0.25) is 9.78 Å². The van der Waals surface area contributed by atoms with Gasteiger partial charge in [-0.2, -0.15) is 10.2 Å². The van der Waals surface area contributed by atoms with Crippen LogP contribution in [0.15, 0.2) is 36.8 Å². The van der Waals surface area contributed by atoms with Crippen molar-refractivity contribution in [1.82, 2.24) is 20.0 Å². The van der Waals surface area contributed by atoms with Gasteiger partial charge in [0.1, 0.15) is 6.54 Å². The third-order valence-electron chi connectivity index (χ3n) is 2.73. The number of hydrogen-bond donors (Lipinski definition) is 1. The molecule has 0 saturated heterocycles. The van der Waals surface area contributed by atoms with Gasteiger partial charge in [0.05, 0.1) is 11.7 Å². The minimum Gasteiger partial charge on any atom is -0.285 e. The van der Waals surface area contributed by atoms with Gasteiger partial charge in [-0.1, -0.05) is 12.1 Å². The molecule has 18 heavy (non-hydrogen) atoms. The first-order chi connectivity index (χ1) is 8.72. The van der Waals surface area contributed by atoms with Crippen LogP contribution in [0.3, 0.4) is 0 Å². The highest BCUT2D eigenvalue weighted by Gasteiger charge is 2.07. The first kappa shape index (κ1) is 10.9. The van der Waals surface area contributed by atoms with Gasteiger partial charge in [0.25, 0.3) is 6.43 Å². The molecule has 0 atom stereocenters. The smallest absolute Gasteiger partial charge is 0.257 e. The number of halogens is 2. The molecule has 0 unspecified atom stereocenters. The van der Waals surface area contributed by atoms with Gasteiger partial charge in [0, 0.05) is 23.3 Å². The summed E-state index contributed by atoms with van der Waals surface area (Å²) in [5.74, 6) is 0. The fraction of sp³-hybridized carbons (Fsp3) is 0.167. The second-order valence-corrected chi connectivity index (χ2v) is 4.00. The lowest BCUT2D eigenvalue weighted by molar-refractivity contribution is 0.122. The molecule has 6 heteroatoms. The van der Waals surface area contributed by atoms with Gasteiger partial charge >= 0.3 is 0 Å². The summed E-state index contributed by atoms with van der Waals surface area (Å²) in [5, 5.41) is 11.8. The number of nitrogens with zero attached hydrogens (tertiary/aromatic N) is 3. The Bertz CT molecular complexity index is 671. The zero-order valence-electron chi connectivity index (χ0n) is 9.35. The molecule has 0 bridgehead atoms. The van der Waals surface area contributed by atoms with E-state index in [1.54, 1.807) is 18.6 Å². The molecule has 2 aromatic heterocycles. The summed E-state index contributed by atoms with van der Waals surface area (Å²) < 4.78 is 25.7. The van der Waals surface area contributed by atoms with E-state index in [9.17, 15) is 8.78 Å². The van der Waals surface area contributed by atoms with E-state index in [2.05, 4.69) is 15.3 Å². The second kappa shape index (κ2) is 4.21. The third-order valence-corrected chi connectivity index (χ3v) is 2.73.